The summed E-state index contributed by atoms with van der Waals surface area (Å²) in [6.07, 6.45) is -0.364. The molecule has 0 heterocycles. The van der Waals surface area contributed by atoms with Gasteiger partial charge in [0.1, 0.15) is 29.8 Å². The highest BCUT2D eigenvalue weighted by Crippen LogP contribution is 2.20. The summed E-state index contributed by atoms with van der Waals surface area (Å²) in [5.74, 6) is -0.280. The number of benzene rings is 2. The molecule has 0 aliphatic rings. The third-order valence-corrected chi connectivity index (χ3v) is 4.69. The minimum absolute atomic E-state index is 0.156. The second kappa shape index (κ2) is 15.1. The minimum Gasteiger partial charge on any atom is -0.490 e. The van der Waals surface area contributed by atoms with Gasteiger partial charge in [0, 0.05) is 19.5 Å². The van der Waals surface area contributed by atoms with Crippen molar-refractivity contribution in [3.63, 3.8) is 0 Å². The van der Waals surface area contributed by atoms with Gasteiger partial charge in [0.15, 0.2) is 0 Å². The molecule has 2 aromatic carbocycles. The van der Waals surface area contributed by atoms with Gasteiger partial charge < -0.3 is 29.0 Å². The van der Waals surface area contributed by atoms with Crippen LogP contribution in [0.3, 0.4) is 0 Å². The van der Waals surface area contributed by atoms with Gasteiger partial charge >= 0.3 is 11.9 Å². The van der Waals surface area contributed by atoms with Crippen molar-refractivity contribution in [2.75, 3.05) is 26.4 Å². The first-order valence-corrected chi connectivity index (χ1v) is 11.9. The first-order valence-electron chi connectivity index (χ1n) is 11.9. The molecule has 1 unspecified atom stereocenters. The van der Waals surface area contributed by atoms with Gasteiger partial charge in [-0.3, -0.25) is 4.79 Å². The summed E-state index contributed by atoms with van der Waals surface area (Å²) in [6, 6.07) is 14.3. The number of rotatable bonds is 15. The Morgan fingerprint density at radius 3 is 2.31 bits per heavy atom. The molecule has 35 heavy (non-hydrogen) atoms. The molecule has 0 aliphatic heterocycles. The highest BCUT2D eigenvalue weighted by atomic mass is 16.6. The van der Waals surface area contributed by atoms with Crippen molar-refractivity contribution in [2.45, 2.75) is 59.5 Å². The molecule has 2 aromatic rings. The van der Waals surface area contributed by atoms with Crippen LogP contribution < -0.4 is 14.8 Å². The number of hydrogen-bond donors (Lipinski definition) is 1. The SMILES string of the molecule is CC(=O)Oc1ccccc1C(=O)OC(CNC(C)C)COc1ccc(COCCOC(C)C)cc1. The van der Waals surface area contributed by atoms with Crippen LogP contribution in [0.15, 0.2) is 48.5 Å². The Kier molecular flexibility index (Phi) is 12.2. The Bertz CT molecular complexity index is 912. The van der Waals surface area contributed by atoms with E-state index in [2.05, 4.69) is 5.32 Å². The van der Waals surface area contributed by atoms with E-state index in [0.29, 0.717) is 32.1 Å². The average Bonchev–Trinajstić information content (AvgIpc) is 2.81. The molecule has 0 saturated heterocycles. The third kappa shape index (κ3) is 11.4. The molecule has 192 valence electrons. The lowest BCUT2D eigenvalue weighted by atomic mass is 10.2. The van der Waals surface area contributed by atoms with Gasteiger partial charge in [-0.2, -0.15) is 0 Å². The van der Waals surface area contributed by atoms with Gasteiger partial charge in [0.25, 0.3) is 0 Å². The number of esters is 2. The van der Waals surface area contributed by atoms with E-state index in [1.54, 1.807) is 24.3 Å². The highest BCUT2D eigenvalue weighted by molar-refractivity contribution is 5.93. The summed E-state index contributed by atoms with van der Waals surface area (Å²) in [4.78, 5) is 24.2. The fraction of sp³-hybridized carbons (Fsp3) is 0.481. The molecule has 2 rings (SSSR count). The van der Waals surface area contributed by atoms with E-state index >= 15 is 0 Å². The van der Waals surface area contributed by atoms with Crippen molar-refractivity contribution in [2.24, 2.45) is 0 Å². The maximum absolute atomic E-state index is 12.8. The molecule has 0 amide bonds. The molecule has 0 bridgehead atoms. The maximum Gasteiger partial charge on any atom is 0.342 e. The lowest BCUT2D eigenvalue weighted by Crippen LogP contribution is -2.38. The van der Waals surface area contributed by atoms with Crippen molar-refractivity contribution in [1.82, 2.24) is 5.32 Å². The second-order valence-corrected chi connectivity index (χ2v) is 8.61. The number of para-hydroxylation sites is 1. The van der Waals surface area contributed by atoms with Crippen LogP contribution in [0.1, 0.15) is 50.5 Å². The Balaban J connectivity index is 1.92. The summed E-state index contributed by atoms with van der Waals surface area (Å²) in [5.41, 5.74) is 1.20. The number of carbonyl (C=O) groups is 2. The van der Waals surface area contributed by atoms with Crippen LogP contribution in [0.5, 0.6) is 11.5 Å². The zero-order chi connectivity index (χ0) is 25.6. The van der Waals surface area contributed by atoms with Crippen LogP contribution in [-0.2, 0) is 25.6 Å². The maximum atomic E-state index is 12.8. The molecular formula is C27H37NO7. The van der Waals surface area contributed by atoms with Gasteiger partial charge in [-0.1, -0.05) is 38.1 Å². The molecule has 0 saturated carbocycles. The molecule has 0 fully saturated rings. The first kappa shape index (κ1) is 28.3. The van der Waals surface area contributed by atoms with Crippen LogP contribution in [-0.4, -0.2) is 56.6 Å². The Labute approximate surface area is 207 Å². The smallest absolute Gasteiger partial charge is 0.342 e. The Morgan fingerprint density at radius 1 is 0.943 bits per heavy atom. The number of nitrogens with one attached hydrogen (secondary N) is 1. The van der Waals surface area contributed by atoms with Crippen molar-refractivity contribution in [3.8, 4) is 11.5 Å². The molecule has 0 radical (unpaired) electrons. The predicted molar refractivity (Wildman–Crippen MR) is 133 cm³/mol. The Morgan fingerprint density at radius 2 is 1.66 bits per heavy atom. The quantitative estimate of drug-likeness (QED) is 0.228. The van der Waals surface area contributed by atoms with Gasteiger partial charge in [0.2, 0.25) is 0 Å². The lowest BCUT2D eigenvalue weighted by Gasteiger charge is -2.21. The third-order valence-electron chi connectivity index (χ3n) is 4.69. The molecule has 0 aliphatic carbocycles. The first-order chi connectivity index (χ1) is 16.7. The number of carbonyl (C=O) groups excluding carboxylic acids is 2. The fourth-order valence-corrected chi connectivity index (χ4v) is 3.00. The second-order valence-electron chi connectivity index (χ2n) is 8.61. The standard InChI is InChI=1S/C27H37NO7/c1-19(2)28-16-24(35-27(30)25-8-6-7-9-26(25)34-21(5)29)18-33-23-12-10-22(11-13-23)17-31-14-15-32-20(3)4/h6-13,19-20,24,28H,14-18H2,1-5H3. The van der Waals surface area contributed by atoms with E-state index in [1.807, 2.05) is 52.0 Å². The predicted octanol–water partition coefficient (Wildman–Crippen LogP) is 4.16. The molecule has 8 heteroatoms. The number of ether oxygens (including phenoxy) is 5. The van der Waals surface area contributed by atoms with Crippen LogP contribution >= 0.6 is 0 Å². The van der Waals surface area contributed by atoms with Gasteiger partial charge in [-0.05, 0) is 43.7 Å². The molecule has 0 spiro atoms. The van der Waals surface area contributed by atoms with Crippen LogP contribution in [0.25, 0.3) is 0 Å². The summed E-state index contributed by atoms with van der Waals surface area (Å²) in [7, 11) is 0. The van der Waals surface area contributed by atoms with Crippen LogP contribution in [0, 0.1) is 0 Å². The van der Waals surface area contributed by atoms with E-state index in [0.717, 1.165) is 5.56 Å². The van der Waals surface area contributed by atoms with Gasteiger partial charge in [-0.15, -0.1) is 0 Å². The lowest BCUT2D eigenvalue weighted by molar-refractivity contribution is -0.131. The van der Waals surface area contributed by atoms with Crippen LogP contribution in [0.4, 0.5) is 0 Å². The largest absolute Gasteiger partial charge is 0.490 e. The summed E-state index contributed by atoms with van der Waals surface area (Å²) < 4.78 is 27.8. The van der Waals surface area contributed by atoms with E-state index in [-0.39, 0.29) is 30.1 Å². The average molecular weight is 488 g/mol. The summed E-state index contributed by atoms with van der Waals surface area (Å²) >= 11 is 0. The van der Waals surface area contributed by atoms with Gasteiger partial charge in [0.05, 0.1) is 25.9 Å². The molecule has 0 aromatic heterocycles. The zero-order valence-corrected chi connectivity index (χ0v) is 21.2. The molecule has 1 N–H and O–H groups in total. The minimum atomic E-state index is -0.588. The zero-order valence-electron chi connectivity index (χ0n) is 21.2. The van der Waals surface area contributed by atoms with Crippen molar-refractivity contribution >= 4 is 11.9 Å². The van der Waals surface area contributed by atoms with Crippen molar-refractivity contribution in [1.29, 1.82) is 0 Å². The number of hydrogen-bond acceptors (Lipinski definition) is 8. The molecule has 1 atom stereocenters. The summed E-state index contributed by atoms with van der Waals surface area (Å²) in [5, 5.41) is 3.27. The fourth-order valence-electron chi connectivity index (χ4n) is 3.00. The van der Waals surface area contributed by atoms with E-state index in [1.165, 1.54) is 6.92 Å². The topological polar surface area (TPSA) is 92.3 Å². The van der Waals surface area contributed by atoms with Crippen LogP contribution in [0.2, 0.25) is 0 Å². The van der Waals surface area contributed by atoms with Crippen molar-refractivity contribution < 1.29 is 33.3 Å². The van der Waals surface area contributed by atoms with Crippen molar-refractivity contribution in [3.05, 3.63) is 59.7 Å². The van der Waals surface area contributed by atoms with E-state index in [4.69, 9.17) is 23.7 Å². The molecule has 8 nitrogen and oxygen atoms in total. The highest BCUT2D eigenvalue weighted by Gasteiger charge is 2.21. The van der Waals surface area contributed by atoms with E-state index < -0.39 is 18.0 Å². The van der Waals surface area contributed by atoms with Gasteiger partial charge in [-0.25, -0.2) is 4.79 Å². The Hall–Kier alpha value is -2.94. The molecular weight excluding hydrogens is 450 g/mol. The monoisotopic (exact) mass is 487 g/mol. The normalized spacial score (nSPS) is 12.0. The summed E-state index contributed by atoms with van der Waals surface area (Å²) in [6.45, 7) is 11.4. The van der Waals surface area contributed by atoms with E-state index in [9.17, 15) is 9.59 Å².